The molecule has 0 aromatic rings. The van der Waals surface area contributed by atoms with Crippen molar-refractivity contribution in [3.05, 3.63) is 12.0 Å². The Morgan fingerprint density at radius 3 is 1.50 bits per heavy atom. The molecule has 28 heavy (non-hydrogen) atoms. The Kier molecular flexibility index (Phi) is 33.6. The van der Waals surface area contributed by atoms with Crippen LogP contribution >= 0.6 is 0 Å². The summed E-state index contributed by atoms with van der Waals surface area (Å²) in [6.07, 6.45) is 18.2. The molecule has 0 aliphatic heterocycles. The normalized spacial score (nSPS) is 10.8. The first-order valence-corrected chi connectivity index (χ1v) is 10.7. The van der Waals surface area contributed by atoms with Crippen LogP contribution in [0.25, 0.3) is 0 Å². The summed E-state index contributed by atoms with van der Waals surface area (Å²) < 4.78 is 38.6. The SMILES string of the molecule is CCCCCCCCCCCCCC/C=C(\O)OC(C)=O.O=S(=O)([O-])[O-].[Na+].[Na+]. The van der Waals surface area contributed by atoms with Crippen molar-refractivity contribution in [2.45, 2.75) is 97.3 Å². The quantitative estimate of drug-likeness (QED) is 0.0889. The second-order valence-electron chi connectivity index (χ2n) is 6.22. The summed E-state index contributed by atoms with van der Waals surface area (Å²) in [4.78, 5) is 10.6. The largest absolute Gasteiger partial charge is 1.00 e. The molecule has 0 saturated carbocycles. The van der Waals surface area contributed by atoms with E-state index in [9.17, 15) is 9.90 Å². The zero-order valence-electron chi connectivity index (χ0n) is 18.1. The number of ether oxygens (including phenoxy) is 1. The van der Waals surface area contributed by atoms with E-state index in [0.29, 0.717) is 0 Å². The predicted molar refractivity (Wildman–Crippen MR) is 98.6 cm³/mol. The van der Waals surface area contributed by atoms with Gasteiger partial charge in [-0.15, -0.1) is 0 Å². The number of hydrogen-bond donors (Lipinski definition) is 1. The van der Waals surface area contributed by atoms with Crippen molar-refractivity contribution in [1.82, 2.24) is 0 Å². The van der Waals surface area contributed by atoms with E-state index in [0.717, 1.165) is 12.8 Å². The first-order valence-electron chi connectivity index (χ1n) is 9.41. The van der Waals surface area contributed by atoms with E-state index in [1.807, 2.05) is 0 Å². The summed E-state index contributed by atoms with van der Waals surface area (Å²) >= 11 is 0. The molecule has 7 nitrogen and oxygen atoms in total. The maximum atomic E-state index is 10.6. The molecule has 1 N–H and O–H groups in total. The molecule has 0 unspecified atom stereocenters. The molecule has 0 aliphatic carbocycles. The minimum atomic E-state index is -5.17. The predicted octanol–water partition coefficient (Wildman–Crippen LogP) is -1.29. The summed E-state index contributed by atoms with van der Waals surface area (Å²) in [5, 5.41) is 9.21. The number of hydrogen-bond acceptors (Lipinski definition) is 7. The topological polar surface area (TPSA) is 127 Å². The van der Waals surface area contributed by atoms with E-state index < -0.39 is 16.4 Å². The molecule has 0 rings (SSSR count). The fourth-order valence-electron chi connectivity index (χ4n) is 2.40. The van der Waals surface area contributed by atoms with Crippen molar-refractivity contribution in [2.24, 2.45) is 0 Å². The van der Waals surface area contributed by atoms with Gasteiger partial charge in [0.1, 0.15) is 0 Å². The molecule has 0 amide bonds. The Morgan fingerprint density at radius 2 is 1.18 bits per heavy atom. The second kappa shape index (κ2) is 25.9. The third-order valence-corrected chi connectivity index (χ3v) is 3.62. The molecule has 0 saturated heterocycles. The number of esters is 1. The Bertz CT molecular complexity index is 461. The second-order valence-corrected chi connectivity index (χ2v) is 7.04. The third kappa shape index (κ3) is 45.6. The fraction of sp³-hybridized carbons (Fsp3) is 0.833. The molecular formula is C18H34Na2O7S. The monoisotopic (exact) mass is 440 g/mol. The van der Waals surface area contributed by atoms with Crippen LogP contribution in [0.1, 0.15) is 97.3 Å². The van der Waals surface area contributed by atoms with Crippen LogP contribution in [0.4, 0.5) is 0 Å². The van der Waals surface area contributed by atoms with Crippen LogP contribution in [0.3, 0.4) is 0 Å². The molecule has 0 bridgehead atoms. The van der Waals surface area contributed by atoms with E-state index in [1.54, 1.807) is 6.08 Å². The smallest absolute Gasteiger partial charge is 0.759 e. The maximum Gasteiger partial charge on any atom is 1.00 e. The zero-order chi connectivity index (χ0) is 20.3. The minimum Gasteiger partial charge on any atom is -0.759 e. The summed E-state index contributed by atoms with van der Waals surface area (Å²) in [6, 6.07) is 0. The van der Waals surface area contributed by atoms with Gasteiger partial charge in [-0.25, -0.2) is 0 Å². The van der Waals surface area contributed by atoms with Crippen LogP contribution in [0.15, 0.2) is 12.0 Å². The Balaban J connectivity index is -0.000000364. The number of aliphatic hydroxyl groups is 1. The Hall–Kier alpha value is 0.880. The van der Waals surface area contributed by atoms with Crippen LogP contribution in [0.5, 0.6) is 0 Å². The summed E-state index contributed by atoms with van der Waals surface area (Å²) in [5.41, 5.74) is 0. The summed E-state index contributed by atoms with van der Waals surface area (Å²) in [7, 11) is -5.17. The van der Waals surface area contributed by atoms with E-state index >= 15 is 0 Å². The van der Waals surface area contributed by atoms with Crippen molar-refractivity contribution in [1.29, 1.82) is 0 Å². The van der Waals surface area contributed by atoms with Crippen LogP contribution in [-0.4, -0.2) is 28.6 Å². The number of aliphatic hydroxyl groups excluding tert-OH is 1. The van der Waals surface area contributed by atoms with Gasteiger partial charge >= 0.3 is 65.1 Å². The van der Waals surface area contributed by atoms with Gasteiger partial charge in [0.25, 0.3) is 5.95 Å². The van der Waals surface area contributed by atoms with Gasteiger partial charge in [-0.3, -0.25) is 13.2 Å². The van der Waals surface area contributed by atoms with Gasteiger partial charge in [0.2, 0.25) is 0 Å². The van der Waals surface area contributed by atoms with E-state index in [4.69, 9.17) is 17.5 Å². The molecule has 0 spiro atoms. The average molecular weight is 441 g/mol. The third-order valence-electron chi connectivity index (χ3n) is 3.62. The van der Waals surface area contributed by atoms with Gasteiger partial charge < -0.3 is 18.9 Å². The van der Waals surface area contributed by atoms with Gasteiger partial charge in [0, 0.05) is 17.3 Å². The molecule has 10 heteroatoms. The van der Waals surface area contributed by atoms with Crippen LogP contribution in [-0.2, 0) is 19.9 Å². The fourth-order valence-corrected chi connectivity index (χ4v) is 2.40. The van der Waals surface area contributed by atoms with E-state index in [2.05, 4.69) is 11.7 Å². The molecule has 0 aromatic carbocycles. The summed E-state index contributed by atoms with van der Waals surface area (Å²) in [6.45, 7) is 3.54. The molecule has 156 valence electrons. The first kappa shape index (κ1) is 36.3. The van der Waals surface area contributed by atoms with Crippen LogP contribution < -0.4 is 59.1 Å². The molecule has 0 heterocycles. The standard InChI is InChI=1S/C18H34O3.2Na.H2O4S/c1-3-4-5-6-7-8-9-10-11-12-13-14-15-16-18(20)21-17(2)19;;;1-5(2,3)4/h16,20H,3-15H2,1-2H3;;;(H2,1,2,3,4)/q;2*+1;/p-2/b18-16+;;;. The van der Waals surface area contributed by atoms with E-state index in [1.165, 1.54) is 77.6 Å². The number of allylic oxidation sites excluding steroid dienone is 1. The Labute approximate surface area is 215 Å². The van der Waals surface area contributed by atoms with Crippen LogP contribution in [0.2, 0.25) is 0 Å². The Morgan fingerprint density at radius 1 is 0.857 bits per heavy atom. The van der Waals surface area contributed by atoms with Crippen molar-refractivity contribution in [3.63, 3.8) is 0 Å². The van der Waals surface area contributed by atoms with Gasteiger partial charge in [-0.1, -0.05) is 77.6 Å². The average Bonchev–Trinajstić information content (AvgIpc) is 2.49. The van der Waals surface area contributed by atoms with E-state index in [-0.39, 0.29) is 65.1 Å². The van der Waals surface area contributed by atoms with Crippen molar-refractivity contribution >= 4 is 16.4 Å². The minimum absolute atomic E-state index is 0. The van der Waals surface area contributed by atoms with Crippen LogP contribution in [0, 0.1) is 0 Å². The molecule has 0 fully saturated rings. The number of unbranched alkanes of at least 4 members (excludes halogenated alkanes) is 12. The molecular weight excluding hydrogens is 406 g/mol. The number of carbonyl (C=O) groups is 1. The number of carbonyl (C=O) groups excluding carboxylic acids is 1. The van der Waals surface area contributed by atoms with Crippen molar-refractivity contribution in [3.8, 4) is 0 Å². The zero-order valence-corrected chi connectivity index (χ0v) is 22.9. The molecule has 0 aliphatic rings. The van der Waals surface area contributed by atoms with Crippen molar-refractivity contribution in [2.75, 3.05) is 0 Å². The van der Waals surface area contributed by atoms with Gasteiger partial charge in [-0.05, 0) is 18.9 Å². The first-order chi connectivity index (χ1) is 12.2. The maximum absolute atomic E-state index is 10.6. The van der Waals surface area contributed by atoms with Gasteiger partial charge in [0.15, 0.2) is 0 Å². The van der Waals surface area contributed by atoms with Gasteiger partial charge in [-0.2, -0.15) is 0 Å². The number of rotatable bonds is 14. The molecule has 0 radical (unpaired) electrons. The summed E-state index contributed by atoms with van der Waals surface area (Å²) in [5.74, 6) is -0.732. The molecule has 0 aromatic heterocycles. The van der Waals surface area contributed by atoms with Crippen molar-refractivity contribution < 1.29 is 91.3 Å². The van der Waals surface area contributed by atoms with Gasteiger partial charge in [0.05, 0.1) is 0 Å². The molecule has 0 atom stereocenters.